The smallest absolute Gasteiger partial charge is 0.255 e. The zero-order valence-electron chi connectivity index (χ0n) is 11.1. The number of amides is 1. The number of aliphatic hydroxyl groups excluding tert-OH is 1. The molecular weight excluding hydrogens is 273 g/mol. The summed E-state index contributed by atoms with van der Waals surface area (Å²) in [5, 5.41) is 9.63. The maximum atomic E-state index is 13.3. The third-order valence-electron chi connectivity index (χ3n) is 2.67. The molecule has 1 atom stereocenters. The predicted molar refractivity (Wildman–Crippen MR) is 71.0 cm³/mol. The number of carbonyl (C=O) groups is 1. The molecule has 1 aromatic carbocycles. The minimum atomic E-state index is -0.778. The maximum absolute atomic E-state index is 13.3. The Morgan fingerprint density at radius 2 is 2.21 bits per heavy atom. The first-order chi connectivity index (χ1) is 8.86. The predicted octanol–water partition coefficient (Wildman–Crippen LogP) is 1.87. The summed E-state index contributed by atoms with van der Waals surface area (Å²) in [7, 11) is 3.00. The van der Waals surface area contributed by atoms with Gasteiger partial charge >= 0.3 is 0 Å². The molecule has 0 aliphatic heterocycles. The van der Waals surface area contributed by atoms with Crippen LogP contribution in [0.2, 0.25) is 5.02 Å². The second-order valence-corrected chi connectivity index (χ2v) is 4.78. The summed E-state index contributed by atoms with van der Waals surface area (Å²) in [6, 6.07) is 2.52. The molecule has 4 nitrogen and oxygen atoms in total. The molecule has 0 spiro atoms. The zero-order valence-corrected chi connectivity index (χ0v) is 11.9. The van der Waals surface area contributed by atoms with Crippen molar-refractivity contribution in [2.75, 3.05) is 27.3 Å². The Hall–Kier alpha value is -1.17. The van der Waals surface area contributed by atoms with Gasteiger partial charge in [-0.25, -0.2) is 4.39 Å². The summed E-state index contributed by atoms with van der Waals surface area (Å²) >= 11 is 5.86. The van der Waals surface area contributed by atoms with Crippen molar-refractivity contribution in [2.45, 2.75) is 13.0 Å². The minimum Gasteiger partial charge on any atom is -0.389 e. The largest absolute Gasteiger partial charge is 0.389 e. The number of hydrogen-bond acceptors (Lipinski definition) is 3. The lowest BCUT2D eigenvalue weighted by atomic mass is 10.1. The number of carbonyl (C=O) groups excluding carboxylic acids is 1. The number of rotatable bonds is 5. The number of likely N-dealkylation sites (N-methyl/N-ethyl adjacent to an activating group) is 1. The van der Waals surface area contributed by atoms with Gasteiger partial charge in [-0.3, -0.25) is 4.79 Å². The molecule has 1 unspecified atom stereocenters. The Balaban J connectivity index is 2.85. The molecule has 1 rings (SSSR count). The van der Waals surface area contributed by atoms with Gasteiger partial charge in [0.25, 0.3) is 5.91 Å². The number of methoxy groups -OCH3 is 1. The molecule has 106 valence electrons. The van der Waals surface area contributed by atoms with Crippen molar-refractivity contribution < 1.29 is 19.0 Å². The summed E-state index contributed by atoms with van der Waals surface area (Å²) in [6.45, 7) is 1.80. The van der Waals surface area contributed by atoms with Gasteiger partial charge in [-0.15, -0.1) is 0 Å². The first-order valence-electron chi connectivity index (χ1n) is 5.75. The van der Waals surface area contributed by atoms with Gasteiger partial charge in [-0.05, 0) is 24.6 Å². The molecule has 0 aliphatic carbocycles. The van der Waals surface area contributed by atoms with Crippen molar-refractivity contribution >= 4 is 17.5 Å². The van der Waals surface area contributed by atoms with E-state index in [1.807, 2.05) is 0 Å². The normalized spacial score (nSPS) is 12.3. The van der Waals surface area contributed by atoms with Crippen LogP contribution in [-0.4, -0.2) is 49.3 Å². The van der Waals surface area contributed by atoms with Gasteiger partial charge < -0.3 is 14.7 Å². The minimum absolute atomic E-state index is 0.0566. The van der Waals surface area contributed by atoms with E-state index in [2.05, 4.69) is 0 Å². The topological polar surface area (TPSA) is 49.8 Å². The van der Waals surface area contributed by atoms with Crippen molar-refractivity contribution in [2.24, 2.45) is 0 Å². The van der Waals surface area contributed by atoms with Crippen LogP contribution < -0.4 is 0 Å². The molecule has 0 heterocycles. The Morgan fingerprint density at radius 1 is 1.58 bits per heavy atom. The number of halogens is 2. The quantitative estimate of drug-likeness (QED) is 0.900. The van der Waals surface area contributed by atoms with Crippen LogP contribution in [0.4, 0.5) is 4.39 Å². The molecule has 0 bridgehead atoms. The molecule has 1 N–H and O–H groups in total. The first-order valence-corrected chi connectivity index (χ1v) is 6.12. The Kier molecular flexibility index (Phi) is 5.72. The van der Waals surface area contributed by atoms with Gasteiger partial charge in [0.1, 0.15) is 5.82 Å². The van der Waals surface area contributed by atoms with Crippen molar-refractivity contribution in [3.8, 4) is 0 Å². The highest BCUT2D eigenvalue weighted by molar-refractivity contribution is 6.33. The van der Waals surface area contributed by atoms with Crippen LogP contribution >= 0.6 is 11.6 Å². The Bertz CT molecular complexity index is 467. The SMILES string of the molecule is COCC(O)CN(C)C(=O)c1cc(C)c(F)cc1Cl. The lowest BCUT2D eigenvalue weighted by molar-refractivity contribution is 0.0380. The zero-order chi connectivity index (χ0) is 14.6. The van der Waals surface area contributed by atoms with Crippen molar-refractivity contribution in [1.82, 2.24) is 4.90 Å². The van der Waals surface area contributed by atoms with E-state index in [1.165, 1.54) is 25.1 Å². The van der Waals surface area contributed by atoms with E-state index < -0.39 is 11.9 Å². The number of aryl methyl sites for hydroxylation is 1. The highest BCUT2D eigenvalue weighted by Gasteiger charge is 2.19. The Labute approximate surface area is 116 Å². The van der Waals surface area contributed by atoms with E-state index in [1.54, 1.807) is 6.92 Å². The molecule has 0 fully saturated rings. The third-order valence-corrected chi connectivity index (χ3v) is 2.98. The standard InChI is InChI=1S/C13H17ClFNO3/c1-8-4-10(11(14)5-12(8)15)13(18)16(2)6-9(17)7-19-3/h4-5,9,17H,6-7H2,1-3H3. The molecule has 0 saturated carbocycles. The number of hydrogen-bond donors (Lipinski definition) is 1. The van der Waals surface area contributed by atoms with Crippen LogP contribution in [0.5, 0.6) is 0 Å². The van der Waals surface area contributed by atoms with Crippen LogP contribution in [0.3, 0.4) is 0 Å². The van der Waals surface area contributed by atoms with Gasteiger partial charge in [-0.1, -0.05) is 11.6 Å². The number of aliphatic hydroxyl groups is 1. The summed E-state index contributed by atoms with van der Waals surface area (Å²) in [5.74, 6) is -0.827. The van der Waals surface area contributed by atoms with Crippen LogP contribution in [-0.2, 0) is 4.74 Å². The van der Waals surface area contributed by atoms with E-state index in [0.717, 1.165) is 6.07 Å². The molecule has 1 aromatic rings. The Morgan fingerprint density at radius 3 is 2.79 bits per heavy atom. The molecule has 0 aromatic heterocycles. The summed E-state index contributed by atoms with van der Waals surface area (Å²) in [5.41, 5.74) is 0.561. The van der Waals surface area contributed by atoms with Crippen molar-refractivity contribution in [3.05, 3.63) is 34.1 Å². The fourth-order valence-electron chi connectivity index (χ4n) is 1.67. The van der Waals surface area contributed by atoms with E-state index in [4.69, 9.17) is 16.3 Å². The first kappa shape index (κ1) is 15.9. The number of nitrogens with zero attached hydrogens (tertiary/aromatic N) is 1. The molecule has 1 amide bonds. The fourth-order valence-corrected chi connectivity index (χ4v) is 1.90. The molecule has 0 aliphatic rings. The summed E-state index contributed by atoms with van der Waals surface area (Å²) in [4.78, 5) is 13.5. The third kappa shape index (κ3) is 4.16. The molecule has 6 heteroatoms. The molecular formula is C13H17ClFNO3. The van der Waals surface area contributed by atoms with E-state index >= 15 is 0 Å². The van der Waals surface area contributed by atoms with Crippen LogP contribution in [0.1, 0.15) is 15.9 Å². The van der Waals surface area contributed by atoms with Crippen LogP contribution in [0, 0.1) is 12.7 Å². The molecule has 19 heavy (non-hydrogen) atoms. The van der Waals surface area contributed by atoms with Gasteiger partial charge in [0, 0.05) is 20.7 Å². The van der Waals surface area contributed by atoms with Gasteiger partial charge in [0.05, 0.1) is 23.3 Å². The van der Waals surface area contributed by atoms with Gasteiger partial charge in [0.15, 0.2) is 0 Å². The average Bonchev–Trinajstić information content (AvgIpc) is 2.33. The highest BCUT2D eigenvalue weighted by Crippen LogP contribution is 2.21. The second kappa shape index (κ2) is 6.84. The van der Waals surface area contributed by atoms with E-state index in [9.17, 15) is 14.3 Å². The fraction of sp³-hybridized carbons (Fsp3) is 0.462. The van der Waals surface area contributed by atoms with E-state index in [0.29, 0.717) is 5.56 Å². The second-order valence-electron chi connectivity index (χ2n) is 4.38. The lowest BCUT2D eigenvalue weighted by Gasteiger charge is -2.21. The van der Waals surface area contributed by atoms with Gasteiger partial charge in [0.2, 0.25) is 0 Å². The van der Waals surface area contributed by atoms with Crippen molar-refractivity contribution in [3.63, 3.8) is 0 Å². The maximum Gasteiger partial charge on any atom is 0.255 e. The van der Waals surface area contributed by atoms with Crippen LogP contribution in [0.25, 0.3) is 0 Å². The monoisotopic (exact) mass is 289 g/mol. The highest BCUT2D eigenvalue weighted by atomic mass is 35.5. The van der Waals surface area contributed by atoms with Crippen molar-refractivity contribution in [1.29, 1.82) is 0 Å². The van der Waals surface area contributed by atoms with Gasteiger partial charge in [-0.2, -0.15) is 0 Å². The molecule has 0 saturated heterocycles. The molecule has 0 radical (unpaired) electrons. The number of benzene rings is 1. The van der Waals surface area contributed by atoms with Crippen LogP contribution in [0.15, 0.2) is 12.1 Å². The summed E-state index contributed by atoms with van der Waals surface area (Å²) in [6.07, 6.45) is -0.778. The van der Waals surface area contributed by atoms with E-state index in [-0.39, 0.29) is 29.6 Å². The summed E-state index contributed by atoms with van der Waals surface area (Å²) < 4.78 is 18.1. The average molecular weight is 290 g/mol. The number of ether oxygens (including phenoxy) is 1. The lowest BCUT2D eigenvalue weighted by Crippen LogP contribution is -2.36.